The SMILES string of the molecule is Cc1[c]c(C)c(-c2ccc(F)c(C(F)(F)F)c2)c(C(F)(C(F)(F)F)C(F)(F)F)c1. The standard InChI is InChI=1S/C18H10F11/c1-8-5-9(2)14(10-3-4-13(19)11(7-10)16(21,22)23)12(6-8)15(20,17(24,25)26)18(27,28)29/h3-4,6-7H,1-2H3. The number of hydrogen-bond donors (Lipinski definition) is 0. The second-order valence-corrected chi connectivity index (χ2v) is 6.21. The van der Waals surface area contributed by atoms with E-state index in [9.17, 15) is 48.3 Å². The summed E-state index contributed by atoms with van der Waals surface area (Å²) in [6.07, 6.45) is -18.2. The molecule has 0 heterocycles. The first-order chi connectivity index (χ1) is 12.9. The zero-order chi connectivity index (χ0) is 22.6. The quantitative estimate of drug-likeness (QED) is 0.437. The van der Waals surface area contributed by atoms with Crippen molar-refractivity contribution in [2.75, 3.05) is 0 Å². The van der Waals surface area contributed by atoms with Crippen molar-refractivity contribution >= 4 is 0 Å². The van der Waals surface area contributed by atoms with Gasteiger partial charge in [0.1, 0.15) is 5.82 Å². The van der Waals surface area contributed by atoms with Gasteiger partial charge in [-0.1, -0.05) is 12.1 Å². The molecule has 0 aliphatic carbocycles. The summed E-state index contributed by atoms with van der Waals surface area (Å²) in [7, 11) is 0. The normalized spacial score (nSPS) is 13.7. The molecule has 0 fully saturated rings. The van der Waals surface area contributed by atoms with Gasteiger partial charge in [-0.05, 0) is 54.3 Å². The first kappa shape index (κ1) is 23.0. The van der Waals surface area contributed by atoms with Crippen molar-refractivity contribution in [2.45, 2.75) is 38.0 Å². The van der Waals surface area contributed by atoms with E-state index in [-0.39, 0.29) is 23.8 Å². The van der Waals surface area contributed by atoms with Gasteiger partial charge in [-0.3, -0.25) is 0 Å². The molecule has 0 saturated heterocycles. The maximum atomic E-state index is 14.7. The topological polar surface area (TPSA) is 0 Å². The van der Waals surface area contributed by atoms with Gasteiger partial charge in [0, 0.05) is 5.56 Å². The van der Waals surface area contributed by atoms with Crippen LogP contribution >= 0.6 is 0 Å². The smallest absolute Gasteiger partial charge is 0.218 e. The van der Waals surface area contributed by atoms with Crippen molar-refractivity contribution in [3.8, 4) is 11.1 Å². The average Bonchev–Trinajstić information content (AvgIpc) is 2.51. The Hall–Kier alpha value is -2.33. The molecular formula is C18H10F11. The Morgan fingerprint density at radius 3 is 1.69 bits per heavy atom. The first-order valence-electron chi connectivity index (χ1n) is 7.64. The molecule has 11 heteroatoms. The lowest BCUT2D eigenvalue weighted by Gasteiger charge is -2.32. The number of alkyl halides is 10. The van der Waals surface area contributed by atoms with Crippen LogP contribution in [0.25, 0.3) is 11.1 Å². The Labute approximate surface area is 156 Å². The van der Waals surface area contributed by atoms with Crippen LogP contribution in [0.15, 0.2) is 24.3 Å². The van der Waals surface area contributed by atoms with Gasteiger partial charge in [0.2, 0.25) is 0 Å². The van der Waals surface area contributed by atoms with E-state index in [1.165, 1.54) is 0 Å². The van der Waals surface area contributed by atoms with Crippen LogP contribution in [-0.2, 0) is 11.8 Å². The maximum Gasteiger partial charge on any atom is 0.435 e. The second kappa shape index (κ2) is 6.88. The molecule has 2 rings (SSSR count). The van der Waals surface area contributed by atoms with E-state index in [1.807, 2.05) is 0 Å². The minimum Gasteiger partial charge on any atom is -0.218 e. The number of rotatable bonds is 2. The first-order valence-corrected chi connectivity index (χ1v) is 7.64. The zero-order valence-corrected chi connectivity index (χ0v) is 14.5. The van der Waals surface area contributed by atoms with Crippen molar-refractivity contribution in [3.63, 3.8) is 0 Å². The van der Waals surface area contributed by atoms with Gasteiger partial charge in [0.25, 0.3) is 0 Å². The largest absolute Gasteiger partial charge is 0.435 e. The van der Waals surface area contributed by atoms with E-state index < -0.39 is 57.8 Å². The van der Waals surface area contributed by atoms with Crippen molar-refractivity contribution in [2.24, 2.45) is 0 Å². The predicted octanol–water partition coefficient (Wildman–Crippen LogP) is 7.22. The van der Waals surface area contributed by atoms with Gasteiger partial charge in [-0.2, -0.15) is 39.5 Å². The van der Waals surface area contributed by atoms with Crippen molar-refractivity contribution in [3.05, 3.63) is 58.4 Å². The highest BCUT2D eigenvalue weighted by atomic mass is 19.4. The monoisotopic (exact) mass is 435 g/mol. The number of benzene rings is 2. The Morgan fingerprint density at radius 2 is 1.24 bits per heavy atom. The van der Waals surface area contributed by atoms with Crippen LogP contribution < -0.4 is 0 Å². The van der Waals surface area contributed by atoms with Crippen LogP contribution in [0.4, 0.5) is 48.3 Å². The molecule has 0 amide bonds. The van der Waals surface area contributed by atoms with Crippen LogP contribution in [-0.4, -0.2) is 12.4 Å². The molecule has 0 aliphatic heterocycles. The molecule has 29 heavy (non-hydrogen) atoms. The highest BCUT2D eigenvalue weighted by Gasteiger charge is 2.74. The highest BCUT2D eigenvalue weighted by Crippen LogP contribution is 2.56. The fourth-order valence-corrected chi connectivity index (χ4v) is 2.89. The molecule has 0 nitrogen and oxygen atoms in total. The number of hydrogen-bond acceptors (Lipinski definition) is 0. The molecule has 0 aliphatic rings. The Kier molecular flexibility index (Phi) is 5.44. The maximum absolute atomic E-state index is 14.7. The lowest BCUT2D eigenvalue weighted by Crippen LogP contribution is -2.50. The molecule has 1 radical (unpaired) electrons. The van der Waals surface area contributed by atoms with Gasteiger partial charge >= 0.3 is 24.2 Å². The van der Waals surface area contributed by atoms with Crippen LogP contribution in [0.1, 0.15) is 22.3 Å². The van der Waals surface area contributed by atoms with Crippen molar-refractivity contribution in [1.29, 1.82) is 0 Å². The third kappa shape index (κ3) is 3.91. The Morgan fingerprint density at radius 1 is 0.724 bits per heavy atom. The minimum atomic E-state index is -6.48. The summed E-state index contributed by atoms with van der Waals surface area (Å²) in [5, 5.41) is 0. The van der Waals surface area contributed by atoms with E-state index in [1.54, 1.807) is 0 Å². The van der Waals surface area contributed by atoms with Gasteiger partial charge in [0.05, 0.1) is 5.56 Å². The van der Waals surface area contributed by atoms with Crippen LogP contribution in [0.5, 0.6) is 0 Å². The lowest BCUT2D eigenvalue weighted by molar-refractivity contribution is -0.348. The molecule has 2 aromatic carbocycles. The van der Waals surface area contributed by atoms with Crippen LogP contribution in [0, 0.1) is 25.7 Å². The Bertz CT molecular complexity index is 903. The predicted molar refractivity (Wildman–Crippen MR) is 80.0 cm³/mol. The van der Waals surface area contributed by atoms with E-state index in [2.05, 4.69) is 6.07 Å². The molecule has 2 aromatic rings. The second-order valence-electron chi connectivity index (χ2n) is 6.21. The van der Waals surface area contributed by atoms with Gasteiger partial charge in [0.15, 0.2) is 0 Å². The molecule has 0 aromatic heterocycles. The van der Waals surface area contributed by atoms with E-state index in [4.69, 9.17) is 0 Å². The van der Waals surface area contributed by atoms with Crippen LogP contribution in [0.3, 0.4) is 0 Å². The molecule has 0 bridgehead atoms. The summed E-state index contributed by atoms with van der Waals surface area (Å²) in [5.74, 6) is -1.80. The fourth-order valence-electron chi connectivity index (χ4n) is 2.89. The summed E-state index contributed by atoms with van der Waals surface area (Å²) >= 11 is 0. The average molecular weight is 435 g/mol. The lowest BCUT2D eigenvalue weighted by atomic mass is 9.83. The zero-order valence-electron chi connectivity index (χ0n) is 14.5. The van der Waals surface area contributed by atoms with Crippen molar-refractivity contribution < 1.29 is 48.3 Å². The van der Waals surface area contributed by atoms with E-state index >= 15 is 0 Å². The van der Waals surface area contributed by atoms with Crippen molar-refractivity contribution in [1.82, 2.24) is 0 Å². The molecule has 0 unspecified atom stereocenters. The molecular weight excluding hydrogens is 425 g/mol. The molecule has 0 spiro atoms. The molecule has 159 valence electrons. The summed E-state index contributed by atoms with van der Waals surface area (Å²) in [5.41, 5.74) is -12.5. The van der Waals surface area contributed by atoms with E-state index in [0.29, 0.717) is 6.07 Å². The fraction of sp³-hybridized carbons (Fsp3) is 0.333. The Balaban J connectivity index is 2.97. The third-order valence-electron chi connectivity index (χ3n) is 4.10. The molecule has 0 N–H and O–H groups in total. The molecule has 0 saturated carbocycles. The van der Waals surface area contributed by atoms with E-state index in [0.717, 1.165) is 13.8 Å². The summed E-state index contributed by atoms with van der Waals surface area (Å²) in [4.78, 5) is 0. The minimum absolute atomic E-state index is 0.0253. The van der Waals surface area contributed by atoms with Gasteiger partial charge < -0.3 is 0 Å². The summed E-state index contributed by atoms with van der Waals surface area (Å²) in [6, 6.07) is 3.34. The number of aryl methyl sites for hydroxylation is 2. The van der Waals surface area contributed by atoms with Gasteiger partial charge in [-0.15, -0.1) is 0 Å². The highest BCUT2D eigenvalue weighted by molar-refractivity contribution is 5.73. The number of halogens is 11. The van der Waals surface area contributed by atoms with Crippen LogP contribution in [0.2, 0.25) is 0 Å². The summed E-state index contributed by atoms with van der Waals surface area (Å²) in [6.45, 7) is 1.99. The molecule has 0 atom stereocenters. The van der Waals surface area contributed by atoms with Gasteiger partial charge in [-0.25, -0.2) is 8.78 Å². The summed E-state index contributed by atoms with van der Waals surface area (Å²) < 4.78 is 146. The third-order valence-corrected chi connectivity index (χ3v) is 4.10.